The molecule has 3 rings (SSSR count). The Morgan fingerprint density at radius 2 is 2.04 bits per heavy atom. The van der Waals surface area contributed by atoms with Gasteiger partial charge >= 0.3 is 5.76 Å². The van der Waals surface area contributed by atoms with Crippen LogP contribution in [0.2, 0.25) is 0 Å². The number of aromatic amines is 1. The van der Waals surface area contributed by atoms with Crippen LogP contribution < -0.4 is 15.8 Å². The summed E-state index contributed by atoms with van der Waals surface area (Å²) in [7, 11) is 0. The predicted octanol–water partition coefficient (Wildman–Crippen LogP) is 3.57. The zero-order valence-corrected chi connectivity index (χ0v) is 14.4. The molecular weight excluding hydrogens is 320 g/mol. The van der Waals surface area contributed by atoms with Crippen LogP contribution in [0.3, 0.4) is 0 Å². The van der Waals surface area contributed by atoms with Gasteiger partial charge in [-0.15, -0.1) is 0 Å². The van der Waals surface area contributed by atoms with Gasteiger partial charge in [0.15, 0.2) is 12.2 Å². The minimum Gasteiger partial charge on any atom is -0.484 e. The Morgan fingerprint density at radius 3 is 2.76 bits per heavy atom. The number of amides is 1. The summed E-state index contributed by atoms with van der Waals surface area (Å²) < 4.78 is 10.5. The fourth-order valence-electron chi connectivity index (χ4n) is 2.76. The molecule has 0 fully saturated rings. The van der Waals surface area contributed by atoms with Crippen molar-refractivity contribution in [1.29, 1.82) is 0 Å². The Bertz CT molecular complexity index is 969. The van der Waals surface area contributed by atoms with Crippen molar-refractivity contribution in [1.82, 2.24) is 4.98 Å². The quantitative estimate of drug-likeness (QED) is 0.743. The number of carbonyl (C=O) groups is 1. The number of nitrogens with one attached hydrogen (secondary N) is 2. The first-order valence-corrected chi connectivity index (χ1v) is 8.08. The van der Waals surface area contributed by atoms with Gasteiger partial charge in [-0.25, -0.2) is 4.79 Å². The minimum absolute atomic E-state index is 0.0968. The average molecular weight is 340 g/mol. The Kier molecular flexibility index (Phi) is 4.61. The monoisotopic (exact) mass is 340 g/mol. The van der Waals surface area contributed by atoms with Crippen molar-refractivity contribution in [3.63, 3.8) is 0 Å². The van der Waals surface area contributed by atoms with Crippen LogP contribution in [-0.4, -0.2) is 17.5 Å². The Labute approximate surface area is 144 Å². The molecule has 25 heavy (non-hydrogen) atoms. The topological polar surface area (TPSA) is 84.3 Å². The molecule has 0 spiro atoms. The van der Waals surface area contributed by atoms with Crippen molar-refractivity contribution >= 4 is 22.7 Å². The highest BCUT2D eigenvalue weighted by atomic mass is 16.5. The second-order valence-electron chi connectivity index (χ2n) is 6.24. The predicted molar refractivity (Wildman–Crippen MR) is 96.2 cm³/mol. The van der Waals surface area contributed by atoms with E-state index in [1.807, 2.05) is 25.1 Å². The number of ether oxygens (including phenoxy) is 1. The van der Waals surface area contributed by atoms with Gasteiger partial charge in [0, 0.05) is 5.69 Å². The number of aromatic nitrogens is 1. The molecule has 0 saturated heterocycles. The highest BCUT2D eigenvalue weighted by Gasteiger charge is 2.08. The van der Waals surface area contributed by atoms with Crippen molar-refractivity contribution in [2.24, 2.45) is 0 Å². The molecule has 6 nitrogen and oxygen atoms in total. The molecule has 0 atom stereocenters. The normalized spacial score (nSPS) is 11.0. The lowest BCUT2D eigenvalue weighted by Crippen LogP contribution is -2.20. The molecular formula is C19H20N2O4. The summed E-state index contributed by atoms with van der Waals surface area (Å²) in [5.41, 5.74) is 3.94. The first-order chi connectivity index (χ1) is 11.9. The van der Waals surface area contributed by atoms with Crippen LogP contribution >= 0.6 is 0 Å². The first kappa shape index (κ1) is 16.8. The summed E-state index contributed by atoms with van der Waals surface area (Å²) in [6, 6.07) is 10.8. The van der Waals surface area contributed by atoms with Crippen molar-refractivity contribution in [3.8, 4) is 5.75 Å². The maximum absolute atomic E-state index is 12.1. The summed E-state index contributed by atoms with van der Waals surface area (Å²) in [5, 5.41) is 2.73. The number of oxazole rings is 1. The molecule has 1 heterocycles. The Hall–Kier alpha value is -3.02. The summed E-state index contributed by atoms with van der Waals surface area (Å²) >= 11 is 0. The van der Waals surface area contributed by atoms with Gasteiger partial charge in [-0.05, 0) is 54.3 Å². The molecule has 2 aromatic carbocycles. The van der Waals surface area contributed by atoms with Crippen LogP contribution in [0.4, 0.5) is 5.69 Å². The molecule has 0 saturated carbocycles. The van der Waals surface area contributed by atoms with Crippen LogP contribution in [0, 0.1) is 6.92 Å². The van der Waals surface area contributed by atoms with Crippen LogP contribution in [0.15, 0.2) is 45.6 Å². The number of H-pyrrole nitrogens is 1. The van der Waals surface area contributed by atoms with Crippen molar-refractivity contribution in [3.05, 3.63) is 58.1 Å². The lowest BCUT2D eigenvalue weighted by Gasteiger charge is -2.12. The Balaban J connectivity index is 1.62. The van der Waals surface area contributed by atoms with E-state index in [9.17, 15) is 9.59 Å². The molecule has 0 aliphatic heterocycles. The SMILES string of the molecule is Cc1cc(OCC(=O)Nc2ccc3oc(=O)[nH]c3c2)ccc1C(C)C. The molecule has 1 aromatic heterocycles. The molecule has 1 amide bonds. The van der Waals surface area contributed by atoms with Gasteiger partial charge in [0.2, 0.25) is 0 Å². The van der Waals surface area contributed by atoms with E-state index < -0.39 is 5.76 Å². The average Bonchev–Trinajstić information content (AvgIpc) is 2.92. The summed E-state index contributed by atoms with van der Waals surface area (Å²) in [6.07, 6.45) is 0. The van der Waals surface area contributed by atoms with Gasteiger partial charge in [-0.3, -0.25) is 9.78 Å². The van der Waals surface area contributed by atoms with Crippen LogP contribution in [0.1, 0.15) is 30.9 Å². The fourth-order valence-corrected chi connectivity index (χ4v) is 2.76. The van der Waals surface area contributed by atoms with Gasteiger partial charge in [-0.2, -0.15) is 0 Å². The molecule has 0 unspecified atom stereocenters. The number of rotatable bonds is 5. The van der Waals surface area contributed by atoms with Crippen LogP contribution in [0.5, 0.6) is 5.75 Å². The molecule has 0 radical (unpaired) electrons. The molecule has 130 valence electrons. The zero-order valence-electron chi connectivity index (χ0n) is 14.4. The standard InChI is InChI=1S/C19H20N2O4/c1-11(2)15-6-5-14(8-12(15)3)24-10-18(22)20-13-4-7-17-16(9-13)21-19(23)25-17/h4-9,11H,10H2,1-3H3,(H,20,22)(H,21,23). The second kappa shape index (κ2) is 6.84. The maximum atomic E-state index is 12.1. The van der Waals surface area contributed by atoms with Gasteiger partial charge in [0.1, 0.15) is 5.75 Å². The number of benzene rings is 2. The van der Waals surface area contributed by atoms with E-state index in [4.69, 9.17) is 9.15 Å². The van der Waals surface area contributed by atoms with Crippen LogP contribution in [0.25, 0.3) is 11.1 Å². The maximum Gasteiger partial charge on any atom is 0.417 e. The Morgan fingerprint density at radius 1 is 1.24 bits per heavy atom. The number of hydrogen-bond acceptors (Lipinski definition) is 4. The van der Waals surface area contributed by atoms with E-state index in [2.05, 4.69) is 24.1 Å². The smallest absolute Gasteiger partial charge is 0.417 e. The number of aryl methyl sites for hydroxylation is 1. The first-order valence-electron chi connectivity index (χ1n) is 8.08. The third kappa shape index (κ3) is 3.91. The molecule has 3 aromatic rings. The summed E-state index contributed by atoms with van der Waals surface area (Å²) in [4.78, 5) is 25.7. The molecule has 6 heteroatoms. The largest absolute Gasteiger partial charge is 0.484 e. The van der Waals surface area contributed by atoms with E-state index in [1.165, 1.54) is 5.56 Å². The number of carbonyl (C=O) groups excluding carboxylic acids is 1. The highest BCUT2D eigenvalue weighted by molar-refractivity contribution is 5.93. The molecule has 2 N–H and O–H groups in total. The van der Waals surface area contributed by atoms with Crippen molar-refractivity contribution in [2.45, 2.75) is 26.7 Å². The third-order valence-electron chi connectivity index (χ3n) is 3.94. The van der Waals surface area contributed by atoms with Crippen molar-refractivity contribution in [2.75, 3.05) is 11.9 Å². The third-order valence-corrected chi connectivity index (χ3v) is 3.94. The highest BCUT2D eigenvalue weighted by Crippen LogP contribution is 2.23. The van der Waals surface area contributed by atoms with Gasteiger partial charge in [-0.1, -0.05) is 19.9 Å². The van der Waals surface area contributed by atoms with E-state index in [0.29, 0.717) is 28.5 Å². The number of hydrogen-bond donors (Lipinski definition) is 2. The lowest BCUT2D eigenvalue weighted by atomic mass is 9.98. The van der Waals surface area contributed by atoms with Crippen molar-refractivity contribution < 1.29 is 13.9 Å². The van der Waals surface area contributed by atoms with E-state index >= 15 is 0 Å². The number of fused-ring (bicyclic) bond motifs is 1. The van der Waals surface area contributed by atoms with Gasteiger partial charge in [0.05, 0.1) is 5.52 Å². The fraction of sp³-hybridized carbons (Fsp3) is 0.263. The van der Waals surface area contributed by atoms with E-state index in [0.717, 1.165) is 5.56 Å². The molecule has 0 bridgehead atoms. The number of anilines is 1. The summed E-state index contributed by atoms with van der Waals surface area (Å²) in [6.45, 7) is 6.21. The van der Waals surface area contributed by atoms with E-state index in [1.54, 1.807) is 18.2 Å². The van der Waals surface area contributed by atoms with Gasteiger partial charge in [0.25, 0.3) is 5.91 Å². The lowest BCUT2D eigenvalue weighted by molar-refractivity contribution is -0.118. The van der Waals surface area contributed by atoms with Crippen LogP contribution in [-0.2, 0) is 4.79 Å². The molecule has 0 aliphatic rings. The second-order valence-corrected chi connectivity index (χ2v) is 6.24. The molecule has 0 aliphatic carbocycles. The minimum atomic E-state index is -0.526. The van der Waals surface area contributed by atoms with Gasteiger partial charge < -0.3 is 14.5 Å². The zero-order chi connectivity index (χ0) is 18.0. The summed E-state index contributed by atoms with van der Waals surface area (Å²) in [5.74, 6) is 0.297. The van der Waals surface area contributed by atoms with E-state index in [-0.39, 0.29) is 12.5 Å².